The monoisotopic (exact) mass is 463 g/mol. The van der Waals surface area contributed by atoms with Crippen LogP contribution in [0.1, 0.15) is 17.3 Å². The van der Waals surface area contributed by atoms with Gasteiger partial charge in [-0.2, -0.15) is 13.2 Å². The lowest BCUT2D eigenvalue weighted by Crippen LogP contribution is -2.45. The first kappa shape index (κ1) is 22.5. The molecule has 1 amide bonds. The lowest BCUT2D eigenvalue weighted by atomic mass is 10.4. The maximum atomic E-state index is 12.2. The molecule has 0 spiro atoms. The molecular weight excluding hydrogens is 442 g/mol. The van der Waals surface area contributed by atoms with Gasteiger partial charge < -0.3 is 20.0 Å². The summed E-state index contributed by atoms with van der Waals surface area (Å²) in [4.78, 5) is 20.2. The smallest absolute Gasteiger partial charge is 0.406 e. The van der Waals surface area contributed by atoms with E-state index in [0.29, 0.717) is 16.6 Å². The summed E-state index contributed by atoms with van der Waals surface area (Å²) in [6.07, 6.45) is -4.43. The van der Waals surface area contributed by atoms with Gasteiger partial charge in [-0.05, 0) is 13.8 Å². The number of nitrogens with zero attached hydrogens (tertiary/aromatic N) is 3. The molecule has 1 rings (SSSR count). The third kappa shape index (κ3) is 7.84. The lowest BCUT2D eigenvalue weighted by molar-refractivity contribution is -0.157. The van der Waals surface area contributed by atoms with Crippen molar-refractivity contribution < 1.29 is 22.4 Å². The highest BCUT2D eigenvalue weighted by molar-refractivity contribution is 14.0. The Bertz CT molecular complexity index is 555. The molecule has 0 unspecified atom stereocenters. The zero-order valence-corrected chi connectivity index (χ0v) is 16.2. The van der Waals surface area contributed by atoms with Gasteiger partial charge in [0.2, 0.25) is 11.8 Å². The number of aryl methyl sites for hydroxylation is 2. The van der Waals surface area contributed by atoms with Gasteiger partial charge in [0.25, 0.3) is 0 Å². The van der Waals surface area contributed by atoms with E-state index in [1.165, 1.54) is 7.05 Å². The Kier molecular flexibility index (Phi) is 9.07. The molecule has 0 saturated carbocycles. The molecule has 7 nitrogen and oxygen atoms in total. The van der Waals surface area contributed by atoms with Gasteiger partial charge in [0.15, 0.2) is 5.96 Å². The first-order chi connectivity index (χ1) is 10.6. The van der Waals surface area contributed by atoms with Gasteiger partial charge in [-0.1, -0.05) is 0 Å². The minimum absolute atomic E-state index is 0. The fourth-order valence-electron chi connectivity index (χ4n) is 1.65. The van der Waals surface area contributed by atoms with E-state index in [4.69, 9.17) is 4.42 Å². The second kappa shape index (κ2) is 9.69. The Balaban J connectivity index is 0.00000529. The summed E-state index contributed by atoms with van der Waals surface area (Å²) >= 11 is 0. The van der Waals surface area contributed by atoms with Gasteiger partial charge in [0.05, 0.1) is 18.8 Å². The number of carbonyl (C=O) groups excluding carboxylic acids is 1. The number of oxazole rings is 1. The number of halogens is 4. The molecule has 1 aromatic heterocycles. The molecule has 0 radical (unpaired) electrons. The maximum absolute atomic E-state index is 12.2. The molecule has 0 aliphatic heterocycles. The molecule has 1 heterocycles. The van der Waals surface area contributed by atoms with Crippen molar-refractivity contribution in [2.24, 2.45) is 4.99 Å². The number of guanidine groups is 1. The molecule has 0 aromatic carbocycles. The number of hydrogen-bond acceptors (Lipinski definition) is 4. The number of carbonyl (C=O) groups is 1. The minimum Gasteiger partial charge on any atom is -0.444 e. The maximum Gasteiger partial charge on any atom is 0.406 e. The van der Waals surface area contributed by atoms with Crippen LogP contribution < -0.4 is 10.6 Å². The number of aromatic nitrogens is 1. The van der Waals surface area contributed by atoms with Crippen LogP contribution in [0.4, 0.5) is 13.2 Å². The van der Waals surface area contributed by atoms with Gasteiger partial charge >= 0.3 is 6.18 Å². The van der Waals surface area contributed by atoms with E-state index in [-0.39, 0.29) is 43.0 Å². The van der Waals surface area contributed by atoms with Crippen molar-refractivity contribution in [1.29, 1.82) is 0 Å². The number of hydrogen-bond donors (Lipinski definition) is 2. The molecule has 138 valence electrons. The topological polar surface area (TPSA) is 82.8 Å². The summed E-state index contributed by atoms with van der Waals surface area (Å²) in [6, 6.07) is 0. The van der Waals surface area contributed by atoms with Crippen LogP contribution >= 0.6 is 24.0 Å². The fraction of sp³-hybridized carbons (Fsp3) is 0.615. The Morgan fingerprint density at radius 1 is 1.33 bits per heavy atom. The fourth-order valence-corrected chi connectivity index (χ4v) is 1.65. The molecule has 0 aliphatic carbocycles. The van der Waals surface area contributed by atoms with Crippen molar-refractivity contribution in [1.82, 2.24) is 20.5 Å². The quantitative estimate of drug-likeness (QED) is 0.394. The molecule has 0 atom stereocenters. The zero-order chi connectivity index (χ0) is 17.6. The van der Waals surface area contributed by atoms with Gasteiger partial charge in [0.1, 0.15) is 12.3 Å². The molecule has 0 bridgehead atoms. The standard InChI is InChI=1S/C13H20F3N5O2.HI/c1-8-9(2)23-10(20-8)5-18-12(17-3)19-6-11(22)21(4)7-13(14,15)16;/h5-7H2,1-4H3,(H2,17,18,19);1H. The van der Waals surface area contributed by atoms with Crippen molar-refractivity contribution in [2.75, 3.05) is 27.2 Å². The molecule has 0 fully saturated rings. The van der Waals surface area contributed by atoms with Crippen molar-refractivity contribution in [3.8, 4) is 0 Å². The normalized spacial score (nSPS) is 11.7. The number of aliphatic imine (C=N–C) groups is 1. The Labute approximate surface area is 155 Å². The average molecular weight is 463 g/mol. The summed E-state index contributed by atoms with van der Waals surface area (Å²) in [5.41, 5.74) is 0.772. The number of amides is 1. The molecule has 2 N–H and O–H groups in total. The van der Waals surface area contributed by atoms with E-state index in [0.717, 1.165) is 12.7 Å². The molecule has 0 saturated heterocycles. The van der Waals surface area contributed by atoms with Crippen LogP contribution in [-0.4, -0.2) is 55.1 Å². The number of likely N-dealkylation sites (N-methyl/N-ethyl adjacent to an activating group) is 1. The van der Waals surface area contributed by atoms with Crippen LogP contribution in [0.5, 0.6) is 0 Å². The largest absolute Gasteiger partial charge is 0.444 e. The zero-order valence-electron chi connectivity index (χ0n) is 13.8. The van der Waals surface area contributed by atoms with E-state index < -0.39 is 18.6 Å². The summed E-state index contributed by atoms with van der Waals surface area (Å²) in [5.74, 6) is 0.706. The lowest BCUT2D eigenvalue weighted by Gasteiger charge is -2.19. The second-order valence-corrected chi connectivity index (χ2v) is 4.89. The average Bonchev–Trinajstić information content (AvgIpc) is 2.75. The molecule has 0 aliphatic rings. The molecule has 24 heavy (non-hydrogen) atoms. The Morgan fingerprint density at radius 3 is 2.42 bits per heavy atom. The summed E-state index contributed by atoms with van der Waals surface area (Å²) in [5, 5.41) is 5.50. The second-order valence-electron chi connectivity index (χ2n) is 4.89. The van der Waals surface area contributed by atoms with Gasteiger partial charge in [-0.25, -0.2) is 4.98 Å². The van der Waals surface area contributed by atoms with E-state index >= 15 is 0 Å². The van der Waals surface area contributed by atoms with Crippen LogP contribution in [0.2, 0.25) is 0 Å². The first-order valence-electron chi connectivity index (χ1n) is 6.80. The highest BCUT2D eigenvalue weighted by Gasteiger charge is 2.31. The molecule has 1 aromatic rings. The van der Waals surface area contributed by atoms with Crippen molar-refractivity contribution in [2.45, 2.75) is 26.6 Å². The van der Waals surface area contributed by atoms with Crippen LogP contribution in [0, 0.1) is 13.8 Å². The first-order valence-corrected chi connectivity index (χ1v) is 6.80. The number of nitrogens with one attached hydrogen (secondary N) is 2. The Hall–Kier alpha value is -1.53. The van der Waals surface area contributed by atoms with E-state index in [1.807, 2.05) is 6.92 Å². The van der Waals surface area contributed by atoms with Crippen LogP contribution in [0.15, 0.2) is 9.41 Å². The van der Waals surface area contributed by atoms with Crippen molar-refractivity contribution in [3.05, 3.63) is 17.3 Å². The van der Waals surface area contributed by atoms with Crippen LogP contribution in [0.3, 0.4) is 0 Å². The van der Waals surface area contributed by atoms with Crippen LogP contribution in [0.25, 0.3) is 0 Å². The van der Waals surface area contributed by atoms with Crippen molar-refractivity contribution >= 4 is 35.8 Å². The Morgan fingerprint density at radius 2 is 1.96 bits per heavy atom. The van der Waals surface area contributed by atoms with Gasteiger partial charge in [-0.3, -0.25) is 9.79 Å². The highest BCUT2D eigenvalue weighted by Crippen LogP contribution is 2.15. The number of alkyl halides is 3. The third-order valence-electron chi connectivity index (χ3n) is 2.95. The van der Waals surface area contributed by atoms with Gasteiger partial charge in [-0.15, -0.1) is 24.0 Å². The number of rotatable bonds is 5. The van der Waals surface area contributed by atoms with E-state index in [1.54, 1.807) is 6.92 Å². The van der Waals surface area contributed by atoms with Crippen molar-refractivity contribution in [3.63, 3.8) is 0 Å². The highest BCUT2D eigenvalue weighted by atomic mass is 127. The summed E-state index contributed by atoms with van der Waals surface area (Å²) in [7, 11) is 2.57. The van der Waals surface area contributed by atoms with E-state index in [2.05, 4.69) is 20.6 Å². The predicted octanol–water partition coefficient (Wildman–Crippen LogP) is 1.60. The molecular formula is C13H21F3IN5O2. The minimum atomic E-state index is -4.43. The third-order valence-corrected chi connectivity index (χ3v) is 2.95. The summed E-state index contributed by atoms with van der Waals surface area (Å²) in [6.45, 7) is 2.23. The van der Waals surface area contributed by atoms with Crippen LogP contribution in [-0.2, 0) is 11.3 Å². The summed E-state index contributed by atoms with van der Waals surface area (Å²) < 4.78 is 42.0. The van der Waals surface area contributed by atoms with E-state index in [9.17, 15) is 18.0 Å². The molecule has 11 heteroatoms. The predicted molar refractivity (Wildman–Crippen MR) is 93.3 cm³/mol. The SMILES string of the molecule is CN=C(NCC(=O)N(C)CC(F)(F)F)NCc1nc(C)c(C)o1.I. The van der Waals surface area contributed by atoms with Gasteiger partial charge in [0, 0.05) is 14.1 Å².